The Kier molecular flexibility index (Phi) is 6.26. The Morgan fingerprint density at radius 3 is 2.16 bits per heavy atom. The van der Waals surface area contributed by atoms with Crippen molar-refractivity contribution in [3.63, 3.8) is 0 Å². The summed E-state index contributed by atoms with van der Waals surface area (Å²) in [6, 6.07) is 16.8. The van der Waals surface area contributed by atoms with Gasteiger partial charge in [-0.2, -0.15) is 0 Å². The van der Waals surface area contributed by atoms with Gasteiger partial charge in [-0.3, -0.25) is 25.2 Å². The molecule has 0 aliphatic carbocycles. The van der Waals surface area contributed by atoms with E-state index in [1.54, 1.807) is 31.2 Å². The molecule has 8 nitrogen and oxygen atoms in total. The van der Waals surface area contributed by atoms with Gasteiger partial charge in [0.1, 0.15) is 5.75 Å². The SMILES string of the molecule is Cc1ccc(C)c(S(=O)(=O)Nc2ccc(C(=O)NNC(=O)c3ccccc3O)cc2)c1. The van der Waals surface area contributed by atoms with Crippen molar-refractivity contribution < 1.29 is 23.1 Å². The molecule has 0 saturated carbocycles. The highest BCUT2D eigenvalue weighted by molar-refractivity contribution is 7.92. The van der Waals surface area contributed by atoms with Gasteiger partial charge >= 0.3 is 0 Å². The molecule has 0 unspecified atom stereocenters. The van der Waals surface area contributed by atoms with Crippen molar-refractivity contribution >= 4 is 27.5 Å². The molecular formula is C22H21N3O5S. The molecule has 0 saturated heterocycles. The third-order valence-electron chi connectivity index (χ3n) is 4.47. The van der Waals surface area contributed by atoms with Crippen LogP contribution in [0.4, 0.5) is 5.69 Å². The number of carbonyl (C=O) groups excluding carboxylic acids is 2. The Morgan fingerprint density at radius 1 is 0.839 bits per heavy atom. The van der Waals surface area contributed by atoms with Crippen molar-refractivity contribution in [3.05, 3.63) is 89.0 Å². The first-order valence-corrected chi connectivity index (χ1v) is 10.7. The number of hydrazine groups is 1. The molecule has 0 aliphatic heterocycles. The van der Waals surface area contributed by atoms with Crippen LogP contribution in [-0.2, 0) is 10.0 Å². The molecule has 0 bridgehead atoms. The number of anilines is 1. The van der Waals surface area contributed by atoms with Crippen molar-refractivity contribution in [2.75, 3.05) is 4.72 Å². The molecule has 3 aromatic rings. The summed E-state index contributed by atoms with van der Waals surface area (Å²) in [6.45, 7) is 3.52. The minimum Gasteiger partial charge on any atom is -0.507 e. The number of phenols is 1. The second kappa shape index (κ2) is 8.88. The average molecular weight is 439 g/mol. The van der Waals surface area contributed by atoms with Crippen LogP contribution < -0.4 is 15.6 Å². The first kappa shape index (κ1) is 21.8. The van der Waals surface area contributed by atoms with Gasteiger partial charge in [0.2, 0.25) is 0 Å². The number of benzene rings is 3. The number of carbonyl (C=O) groups is 2. The quantitative estimate of drug-likeness (QED) is 0.455. The van der Waals surface area contributed by atoms with Crippen LogP contribution >= 0.6 is 0 Å². The minimum atomic E-state index is -3.79. The normalized spacial score (nSPS) is 10.9. The molecular weight excluding hydrogens is 418 g/mol. The highest BCUT2D eigenvalue weighted by atomic mass is 32.2. The van der Waals surface area contributed by atoms with E-state index in [2.05, 4.69) is 15.6 Å². The zero-order valence-corrected chi connectivity index (χ0v) is 17.7. The summed E-state index contributed by atoms with van der Waals surface area (Å²) in [5.41, 5.74) is 6.40. The highest BCUT2D eigenvalue weighted by Gasteiger charge is 2.18. The van der Waals surface area contributed by atoms with E-state index in [4.69, 9.17) is 0 Å². The summed E-state index contributed by atoms with van der Waals surface area (Å²) in [7, 11) is -3.79. The molecule has 0 aromatic heterocycles. The lowest BCUT2D eigenvalue weighted by Crippen LogP contribution is -2.41. The number of sulfonamides is 1. The van der Waals surface area contributed by atoms with Gasteiger partial charge in [-0.15, -0.1) is 0 Å². The fourth-order valence-corrected chi connectivity index (χ4v) is 4.20. The minimum absolute atomic E-state index is 0.0130. The van der Waals surface area contributed by atoms with Crippen molar-refractivity contribution in [3.8, 4) is 5.75 Å². The van der Waals surface area contributed by atoms with Crippen LogP contribution in [0.1, 0.15) is 31.8 Å². The second-order valence-corrected chi connectivity index (χ2v) is 8.53. The average Bonchev–Trinajstić information content (AvgIpc) is 2.74. The molecule has 3 rings (SSSR count). The topological polar surface area (TPSA) is 125 Å². The van der Waals surface area contributed by atoms with Crippen LogP contribution in [0.5, 0.6) is 5.75 Å². The molecule has 0 fully saturated rings. The van der Waals surface area contributed by atoms with Gasteiger partial charge in [-0.25, -0.2) is 8.42 Å². The Labute approximate surface area is 180 Å². The molecule has 160 valence electrons. The lowest BCUT2D eigenvalue weighted by atomic mass is 10.2. The summed E-state index contributed by atoms with van der Waals surface area (Å²) in [5, 5.41) is 9.67. The van der Waals surface area contributed by atoms with Gasteiger partial charge in [0.15, 0.2) is 0 Å². The number of amides is 2. The molecule has 0 atom stereocenters. The number of nitrogens with one attached hydrogen (secondary N) is 3. The van der Waals surface area contributed by atoms with Gasteiger partial charge in [-0.05, 0) is 67.4 Å². The zero-order valence-electron chi connectivity index (χ0n) is 16.8. The third-order valence-corrected chi connectivity index (χ3v) is 5.99. The lowest BCUT2D eigenvalue weighted by Gasteiger charge is -2.12. The molecule has 31 heavy (non-hydrogen) atoms. The second-order valence-electron chi connectivity index (χ2n) is 6.88. The molecule has 3 aromatic carbocycles. The van der Waals surface area contributed by atoms with Crippen LogP contribution in [0.25, 0.3) is 0 Å². The van der Waals surface area contributed by atoms with Gasteiger partial charge in [0.05, 0.1) is 10.5 Å². The fourth-order valence-electron chi connectivity index (χ4n) is 2.82. The number of aromatic hydroxyl groups is 1. The summed E-state index contributed by atoms with van der Waals surface area (Å²) >= 11 is 0. The van der Waals surface area contributed by atoms with Gasteiger partial charge in [0, 0.05) is 11.3 Å². The number of hydrogen-bond acceptors (Lipinski definition) is 5. The molecule has 0 aliphatic rings. The standard InChI is InChI=1S/C22H21N3O5S/c1-14-7-8-15(2)20(13-14)31(29,30)25-17-11-9-16(10-12-17)21(27)23-24-22(28)18-5-3-4-6-19(18)26/h3-13,25-26H,1-2H3,(H,23,27)(H,24,28). The first-order valence-electron chi connectivity index (χ1n) is 9.26. The zero-order chi connectivity index (χ0) is 22.6. The summed E-state index contributed by atoms with van der Waals surface area (Å²) < 4.78 is 27.8. The van der Waals surface area contributed by atoms with Gasteiger partial charge in [0.25, 0.3) is 21.8 Å². The maximum Gasteiger partial charge on any atom is 0.273 e. The monoisotopic (exact) mass is 439 g/mol. The van der Waals surface area contributed by atoms with Crippen LogP contribution in [-0.4, -0.2) is 25.3 Å². The van der Waals surface area contributed by atoms with E-state index in [1.807, 2.05) is 13.0 Å². The van der Waals surface area contributed by atoms with Crippen molar-refractivity contribution in [1.82, 2.24) is 10.9 Å². The van der Waals surface area contributed by atoms with E-state index < -0.39 is 21.8 Å². The van der Waals surface area contributed by atoms with E-state index in [1.165, 1.54) is 36.4 Å². The number of hydrogen-bond donors (Lipinski definition) is 4. The molecule has 0 spiro atoms. The van der Waals surface area contributed by atoms with E-state index >= 15 is 0 Å². The van der Waals surface area contributed by atoms with Crippen molar-refractivity contribution in [2.45, 2.75) is 18.7 Å². The van der Waals surface area contributed by atoms with Crippen LogP contribution in [0.15, 0.2) is 71.6 Å². The first-order chi connectivity index (χ1) is 14.7. The molecule has 4 N–H and O–H groups in total. The Bertz CT molecular complexity index is 1240. The molecule has 9 heteroatoms. The van der Waals surface area contributed by atoms with Crippen LogP contribution in [0.2, 0.25) is 0 Å². The van der Waals surface area contributed by atoms with Gasteiger partial charge in [-0.1, -0.05) is 24.3 Å². The number of rotatable bonds is 5. The van der Waals surface area contributed by atoms with Crippen molar-refractivity contribution in [1.29, 1.82) is 0 Å². The van der Waals surface area contributed by atoms with Crippen LogP contribution in [0.3, 0.4) is 0 Å². The van der Waals surface area contributed by atoms with Crippen molar-refractivity contribution in [2.24, 2.45) is 0 Å². The summed E-state index contributed by atoms with van der Waals surface area (Å²) in [6.07, 6.45) is 0. The Balaban J connectivity index is 1.65. The van der Waals surface area contributed by atoms with E-state index in [-0.39, 0.29) is 27.5 Å². The van der Waals surface area contributed by atoms with E-state index in [0.717, 1.165) is 5.56 Å². The largest absolute Gasteiger partial charge is 0.507 e. The molecule has 0 radical (unpaired) electrons. The highest BCUT2D eigenvalue weighted by Crippen LogP contribution is 2.21. The Morgan fingerprint density at radius 2 is 1.48 bits per heavy atom. The molecule has 0 heterocycles. The molecule has 2 amide bonds. The smallest absolute Gasteiger partial charge is 0.273 e. The van der Waals surface area contributed by atoms with Crippen LogP contribution in [0, 0.1) is 13.8 Å². The predicted molar refractivity (Wildman–Crippen MR) is 116 cm³/mol. The Hall–Kier alpha value is -3.85. The third kappa shape index (κ3) is 5.20. The predicted octanol–water partition coefficient (Wildman–Crippen LogP) is 2.88. The summed E-state index contributed by atoms with van der Waals surface area (Å²) in [4.78, 5) is 24.5. The maximum absolute atomic E-state index is 12.7. The summed E-state index contributed by atoms with van der Waals surface area (Å²) in [5.74, 6) is -1.49. The van der Waals surface area contributed by atoms with E-state index in [0.29, 0.717) is 5.56 Å². The number of aryl methyl sites for hydroxylation is 2. The number of phenolic OH excluding ortho intramolecular Hbond substituents is 1. The van der Waals surface area contributed by atoms with Gasteiger partial charge < -0.3 is 5.11 Å². The maximum atomic E-state index is 12.7. The van der Waals surface area contributed by atoms with E-state index in [9.17, 15) is 23.1 Å². The number of para-hydroxylation sites is 1. The lowest BCUT2D eigenvalue weighted by molar-refractivity contribution is 0.0845. The fraction of sp³-hybridized carbons (Fsp3) is 0.0909.